The highest BCUT2D eigenvalue weighted by Crippen LogP contribution is 2.17. The van der Waals surface area contributed by atoms with Crippen molar-refractivity contribution in [3.8, 4) is 0 Å². The molecule has 0 bridgehead atoms. The van der Waals surface area contributed by atoms with Crippen molar-refractivity contribution >= 4 is 41.3 Å². The Bertz CT molecular complexity index is 437. The number of halogens is 1. The number of ether oxygens (including phenoxy) is 1. The van der Waals surface area contributed by atoms with E-state index >= 15 is 0 Å². The molecule has 0 fully saturated rings. The first-order valence-corrected chi connectivity index (χ1v) is 8.43. The predicted molar refractivity (Wildman–Crippen MR) is 106 cm³/mol. The number of unbranched alkanes of at least 4 members (excludes halogenated alkanes) is 2. The molecule has 128 valence electrons. The molecule has 0 atom stereocenters. The monoisotopic (exact) mass is 440 g/mol. The molecule has 0 aliphatic heterocycles. The molecule has 0 unspecified atom stereocenters. The van der Waals surface area contributed by atoms with Crippen molar-refractivity contribution in [1.29, 1.82) is 0 Å². The van der Waals surface area contributed by atoms with Gasteiger partial charge in [-0.25, -0.2) is 9.98 Å². The first-order chi connectivity index (χ1) is 10.2. The third-order valence-electron chi connectivity index (χ3n) is 3.04. The Labute approximate surface area is 155 Å². The highest BCUT2D eigenvalue weighted by molar-refractivity contribution is 14.0. The van der Waals surface area contributed by atoms with Crippen LogP contribution in [0.15, 0.2) is 4.99 Å². The summed E-state index contributed by atoms with van der Waals surface area (Å²) in [4.78, 5) is 10.3. The minimum Gasteiger partial charge on any atom is -0.385 e. The van der Waals surface area contributed by atoms with Gasteiger partial charge in [-0.15, -0.1) is 35.3 Å². The number of aromatic nitrogens is 1. The van der Waals surface area contributed by atoms with Crippen molar-refractivity contribution < 1.29 is 4.74 Å². The molecule has 1 rings (SSSR count). The molecule has 22 heavy (non-hydrogen) atoms. The lowest BCUT2D eigenvalue weighted by Crippen LogP contribution is -2.37. The molecule has 1 aromatic heterocycles. The van der Waals surface area contributed by atoms with Crippen LogP contribution in [-0.2, 0) is 11.3 Å². The summed E-state index contributed by atoms with van der Waals surface area (Å²) >= 11 is 1.72. The van der Waals surface area contributed by atoms with E-state index in [4.69, 9.17) is 4.74 Å². The maximum Gasteiger partial charge on any atom is 0.191 e. The van der Waals surface area contributed by atoms with Gasteiger partial charge >= 0.3 is 0 Å². The number of guanidine groups is 1. The van der Waals surface area contributed by atoms with Gasteiger partial charge in [0.15, 0.2) is 5.96 Å². The van der Waals surface area contributed by atoms with Crippen molar-refractivity contribution in [3.05, 3.63) is 15.6 Å². The van der Waals surface area contributed by atoms with Gasteiger partial charge in [-0.05, 0) is 40.0 Å². The molecule has 0 aromatic carbocycles. The molecule has 7 heteroatoms. The van der Waals surface area contributed by atoms with E-state index in [9.17, 15) is 0 Å². The third-order valence-corrected chi connectivity index (χ3v) is 4.10. The molecule has 1 heterocycles. The van der Waals surface area contributed by atoms with Crippen LogP contribution >= 0.6 is 35.3 Å². The van der Waals surface area contributed by atoms with Crippen LogP contribution < -0.4 is 10.6 Å². The van der Waals surface area contributed by atoms with Crippen LogP contribution in [0.4, 0.5) is 0 Å². The standard InChI is InChI=1S/C15H28N4OS.HI/c1-5-16-15(17-9-7-6-8-10-20-4)18-11-14-12(2)19-13(3)21-14;/h5-11H2,1-4H3,(H2,16,17,18);1H. The maximum absolute atomic E-state index is 5.05. The number of hydrogen-bond donors (Lipinski definition) is 2. The van der Waals surface area contributed by atoms with E-state index in [-0.39, 0.29) is 24.0 Å². The topological polar surface area (TPSA) is 58.5 Å². The predicted octanol–water partition coefficient (Wildman–Crippen LogP) is 3.25. The number of nitrogens with one attached hydrogen (secondary N) is 2. The second-order valence-corrected chi connectivity index (χ2v) is 6.20. The Hall–Kier alpha value is -0.410. The van der Waals surface area contributed by atoms with Crippen LogP contribution in [0.2, 0.25) is 0 Å². The minimum atomic E-state index is 0. The quantitative estimate of drug-likeness (QED) is 0.268. The van der Waals surface area contributed by atoms with Gasteiger partial charge in [-0.2, -0.15) is 0 Å². The fraction of sp³-hybridized carbons (Fsp3) is 0.733. The summed E-state index contributed by atoms with van der Waals surface area (Å²) in [7, 11) is 1.75. The SMILES string of the molecule is CCNC(=NCc1sc(C)nc1C)NCCCCCOC.I. The number of thiazole rings is 1. The summed E-state index contributed by atoms with van der Waals surface area (Å²) in [6.07, 6.45) is 3.42. The minimum absolute atomic E-state index is 0. The third kappa shape index (κ3) is 8.89. The van der Waals surface area contributed by atoms with Crippen LogP contribution in [0.3, 0.4) is 0 Å². The maximum atomic E-state index is 5.05. The number of aliphatic imine (C=N–C) groups is 1. The number of aryl methyl sites for hydroxylation is 2. The lowest BCUT2D eigenvalue weighted by atomic mass is 10.2. The average Bonchev–Trinajstić information content (AvgIpc) is 2.78. The van der Waals surface area contributed by atoms with Gasteiger partial charge in [0.1, 0.15) is 0 Å². The fourth-order valence-electron chi connectivity index (χ4n) is 1.97. The van der Waals surface area contributed by atoms with Gasteiger partial charge in [0.05, 0.1) is 17.2 Å². The largest absolute Gasteiger partial charge is 0.385 e. The zero-order valence-electron chi connectivity index (χ0n) is 14.1. The molecule has 0 saturated heterocycles. The molecule has 2 N–H and O–H groups in total. The number of hydrogen-bond acceptors (Lipinski definition) is 4. The normalized spacial score (nSPS) is 11.2. The van der Waals surface area contributed by atoms with Gasteiger partial charge in [0.2, 0.25) is 0 Å². The highest BCUT2D eigenvalue weighted by Gasteiger charge is 2.04. The number of rotatable bonds is 9. The van der Waals surface area contributed by atoms with E-state index in [1.54, 1.807) is 18.4 Å². The number of methoxy groups -OCH3 is 1. The first-order valence-electron chi connectivity index (χ1n) is 7.61. The van der Waals surface area contributed by atoms with E-state index in [0.717, 1.165) is 49.2 Å². The molecule has 0 radical (unpaired) electrons. The van der Waals surface area contributed by atoms with E-state index in [1.165, 1.54) is 11.3 Å². The summed E-state index contributed by atoms with van der Waals surface area (Å²) in [5, 5.41) is 7.76. The molecular weight excluding hydrogens is 411 g/mol. The molecule has 0 amide bonds. The Balaban J connectivity index is 0.00000441. The van der Waals surface area contributed by atoms with Gasteiger partial charge in [-0.3, -0.25) is 0 Å². The summed E-state index contributed by atoms with van der Waals surface area (Å²) in [5.41, 5.74) is 1.09. The zero-order chi connectivity index (χ0) is 15.5. The lowest BCUT2D eigenvalue weighted by Gasteiger charge is -2.11. The van der Waals surface area contributed by atoms with E-state index in [0.29, 0.717) is 6.54 Å². The molecule has 0 aliphatic carbocycles. The first kappa shape index (κ1) is 21.6. The van der Waals surface area contributed by atoms with Crippen molar-refractivity contribution in [3.63, 3.8) is 0 Å². The summed E-state index contributed by atoms with van der Waals surface area (Å²) < 4.78 is 5.05. The Morgan fingerprint density at radius 1 is 1.23 bits per heavy atom. The van der Waals surface area contributed by atoms with Gasteiger partial charge in [0, 0.05) is 31.7 Å². The molecule has 0 saturated carbocycles. The summed E-state index contributed by atoms with van der Waals surface area (Å²) in [6.45, 7) is 9.51. The van der Waals surface area contributed by atoms with E-state index in [2.05, 4.69) is 27.5 Å². The Morgan fingerprint density at radius 2 is 2.00 bits per heavy atom. The van der Waals surface area contributed by atoms with Crippen molar-refractivity contribution in [2.24, 2.45) is 4.99 Å². The van der Waals surface area contributed by atoms with Crippen molar-refractivity contribution in [2.75, 3.05) is 26.8 Å². The molecule has 0 spiro atoms. The Kier molecular flexibility index (Phi) is 12.8. The van der Waals surface area contributed by atoms with Crippen LogP contribution in [0.1, 0.15) is 41.8 Å². The zero-order valence-corrected chi connectivity index (χ0v) is 17.2. The van der Waals surface area contributed by atoms with E-state index < -0.39 is 0 Å². The summed E-state index contributed by atoms with van der Waals surface area (Å²) in [6, 6.07) is 0. The molecule has 1 aromatic rings. The second-order valence-electron chi connectivity index (χ2n) is 4.92. The van der Waals surface area contributed by atoms with E-state index in [1.807, 2.05) is 13.8 Å². The summed E-state index contributed by atoms with van der Waals surface area (Å²) in [5.74, 6) is 0.884. The van der Waals surface area contributed by atoms with Crippen LogP contribution in [0.5, 0.6) is 0 Å². The van der Waals surface area contributed by atoms with Gasteiger partial charge < -0.3 is 15.4 Å². The van der Waals surface area contributed by atoms with Crippen molar-refractivity contribution in [2.45, 2.75) is 46.6 Å². The van der Waals surface area contributed by atoms with Gasteiger partial charge in [0.25, 0.3) is 0 Å². The Morgan fingerprint density at radius 3 is 2.59 bits per heavy atom. The molecule has 5 nitrogen and oxygen atoms in total. The smallest absolute Gasteiger partial charge is 0.191 e. The molecule has 0 aliphatic rings. The van der Waals surface area contributed by atoms with Crippen molar-refractivity contribution in [1.82, 2.24) is 15.6 Å². The average molecular weight is 440 g/mol. The highest BCUT2D eigenvalue weighted by atomic mass is 127. The fourth-order valence-corrected chi connectivity index (χ4v) is 2.83. The number of nitrogens with zero attached hydrogens (tertiary/aromatic N) is 2. The van der Waals surface area contributed by atoms with Crippen LogP contribution in [-0.4, -0.2) is 37.7 Å². The molecular formula is C15H29IN4OS. The lowest BCUT2D eigenvalue weighted by molar-refractivity contribution is 0.192. The van der Waals surface area contributed by atoms with Crippen LogP contribution in [0, 0.1) is 13.8 Å². The second kappa shape index (κ2) is 13.1. The van der Waals surface area contributed by atoms with Gasteiger partial charge in [-0.1, -0.05) is 0 Å². The van der Waals surface area contributed by atoms with Crippen LogP contribution in [0.25, 0.3) is 0 Å².